The van der Waals surface area contributed by atoms with Crippen molar-refractivity contribution < 1.29 is 24.9 Å². The molecular weight excluding hydrogens is 344 g/mol. The number of carbonyl (C=O) groups is 2. The second kappa shape index (κ2) is 5.85. The monoisotopic (exact) mass is 374 g/mol. The van der Waals surface area contributed by atoms with Gasteiger partial charge in [-0.05, 0) is 55.6 Å². The molecule has 3 saturated carbocycles. The average Bonchev–Trinajstić information content (AvgIpc) is 2.82. The van der Waals surface area contributed by atoms with Crippen LogP contribution in [0.3, 0.4) is 0 Å². The molecule has 0 aromatic rings. The van der Waals surface area contributed by atoms with Crippen LogP contribution in [0.4, 0.5) is 0 Å². The van der Waals surface area contributed by atoms with Gasteiger partial charge in [-0.3, -0.25) is 9.59 Å². The highest BCUT2D eigenvalue weighted by molar-refractivity contribution is 6.01. The first-order chi connectivity index (χ1) is 12.6. The van der Waals surface area contributed by atoms with E-state index in [2.05, 4.69) is 6.92 Å². The van der Waals surface area contributed by atoms with E-state index in [1.54, 1.807) is 12.2 Å². The Kier molecular flexibility index (Phi) is 4.12. The van der Waals surface area contributed by atoms with Crippen molar-refractivity contribution in [1.82, 2.24) is 0 Å². The zero-order valence-corrected chi connectivity index (χ0v) is 16.3. The molecule has 148 valence electrons. The zero-order chi connectivity index (χ0) is 19.8. The lowest BCUT2D eigenvalue weighted by Crippen LogP contribution is -2.62. The van der Waals surface area contributed by atoms with Crippen LogP contribution in [-0.2, 0) is 9.59 Å². The Morgan fingerprint density at radius 2 is 2.04 bits per heavy atom. The van der Waals surface area contributed by atoms with E-state index in [9.17, 15) is 24.9 Å². The maximum Gasteiger partial charge on any atom is 0.190 e. The highest BCUT2D eigenvalue weighted by atomic mass is 16.3. The number of hydrogen-bond donors (Lipinski definition) is 3. The number of fused-ring (bicyclic) bond motifs is 5. The predicted octanol–water partition coefficient (Wildman–Crippen LogP) is 1.80. The second-order valence-electron chi connectivity index (χ2n) is 9.70. The van der Waals surface area contributed by atoms with E-state index in [-0.39, 0.29) is 34.9 Å². The van der Waals surface area contributed by atoms with Crippen molar-refractivity contribution in [3.8, 4) is 0 Å². The molecule has 0 aromatic heterocycles. The molecule has 0 bridgehead atoms. The molecule has 0 heterocycles. The van der Waals surface area contributed by atoms with E-state index >= 15 is 0 Å². The Labute approximate surface area is 160 Å². The van der Waals surface area contributed by atoms with E-state index < -0.39 is 29.5 Å². The van der Waals surface area contributed by atoms with Gasteiger partial charge < -0.3 is 15.3 Å². The Bertz CT molecular complexity index is 754. The van der Waals surface area contributed by atoms with Crippen molar-refractivity contribution in [1.29, 1.82) is 0 Å². The van der Waals surface area contributed by atoms with Gasteiger partial charge in [0.2, 0.25) is 0 Å². The molecule has 4 rings (SSSR count). The van der Waals surface area contributed by atoms with Crippen LogP contribution in [0, 0.1) is 34.5 Å². The smallest absolute Gasteiger partial charge is 0.190 e. The number of aliphatic hydroxyl groups is 3. The summed E-state index contributed by atoms with van der Waals surface area (Å²) in [5.74, 6) is -0.539. The van der Waals surface area contributed by atoms with Crippen LogP contribution in [0.5, 0.6) is 0 Å². The molecule has 0 amide bonds. The second-order valence-corrected chi connectivity index (χ2v) is 9.70. The normalized spacial score (nSPS) is 51.3. The van der Waals surface area contributed by atoms with Crippen LogP contribution in [-0.4, -0.2) is 45.2 Å². The largest absolute Gasteiger partial charge is 0.393 e. The van der Waals surface area contributed by atoms with Gasteiger partial charge in [0.25, 0.3) is 0 Å². The van der Waals surface area contributed by atoms with Crippen molar-refractivity contribution in [2.75, 3.05) is 6.61 Å². The number of rotatable bonds is 2. The molecule has 0 radical (unpaired) electrons. The Hall–Kier alpha value is -1.30. The summed E-state index contributed by atoms with van der Waals surface area (Å²) in [4.78, 5) is 24.4. The number of ketones is 2. The number of Topliss-reactive ketones (excluding diaryl/α,β-unsaturated/α-hetero) is 1. The molecule has 4 aliphatic rings. The lowest BCUT2D eigenvalue weighted by atomic mass is 9.46. The molecule has 0 unspecified atom stereocenters. The predicted molar refractivity (Wildman–Crippen MR) is 99.6 cm³/mol. The first-order valence-electron chi connectivity index (χ1n) is 10.1. The van der Waals surface area contributed by atoms with Gasteiger partial charge in [0.15, 0.2) is 11.6 Å². The number of allylic oxidation sites excluding steroid dienone is 4. The summed E-state index contributed by atoms with van der Waals surface area (Å²) in [6.45, 7) is 5.23. The van der Waals surface area contributed by atoms with Gasteiger partial charge in [-0.15, -0.1) is 0 Å². The molecule has 27 heavy (non-hydrogen) atoms. The Balaban J connectivity index is 1.78. The fraction of sp³-hybridized carbons (Fsp3) is 0.727. The summed E-state index contributed by atoms with van der Waals surface area (Å²) in [6.07, 6.45) is 7.30. The summed E-state index contributed by atoms with van der Waals surface area (Å²) in [5.41, 5.74) is -1.62. The van der Waals surface area contributed by atoms with Crippen molar-refractivity contribution in [3.05, 3.63) is 23.8 Å². The third-order valence-electron chi connectivity index (χ3n) is 8.65. The van der Waals surface area contributed by atoms with Gasteiger partial charge in [-0.2, -0.15) is 0 Å². The Morgan fingerprint density at radius 3 is 2.70 bits per heavy atom. The van der Waals surface area contributed by atoms with Crippen molar-refractivity contribution >= 4 is 11.6 Å². The van der Waals surface area contributed by atoms with Crippen LogP contribution in [0.1, 0.15) is 46.5 Å². The van der Waals surface area contributed by atoms with Gasteiger partial charge in [-0.1, -0.05) is 32.4 Å². The highest BCUT2D eigenvalue weighted by Gasteiger charge is 2.70. The first-order valence-corrected chi connectivity index (χ1v) is 10.1. The van der Waals surface area contributed by atoms with Gasteiger partial charge in [0.05, 0.1) is 6.10 Å². The summed E-state index contributed by atoms with van der Waals surface area (Å²) >= 11 is 0. The summed E-state index contributed by atoms with van der Waals surface area (Å²) in [6, 6.07) is 0. The molecule has 3 fully saturated rings. The molecule has 3 N–H and O–H groups in total. The number of carbonyl (C=O) groups excluding carboxylic acids is 2. The SMILES string of the molecule is C[C@@H]1C[C@H]2[C@@H]3CCC4=CC(=O)C=C[C@]4(C)[C@H]3[C@@H](O)C[C@]2(C)[C@@]1(O)C(=O)CO. The van der Waals surface area contributed by atoms with Gasteiger partial charge in [-0.25, -0.2) is 0 Å². The zero-order valence-electron chi connectivity index (χ0n) is 16.3. The van der Waals surface area contributed by atoms with E-state index in [1.165, 1.54) is 0 Å². The van der Waals surface area contributed by atoms with E-state index in [0.717, 1.165) is 18.4 Å². The molecule has 0 aromatic carbocycles. The summed E-state index contributed by atoms with van der Waals surface area (Å²) < 4.78 is 0. The molecule has 0 aliphatic heterocycles. The fourth-order valence-electron chi connectivity index (χ4n) is 7.37. The van der Waals surface area contributed by atoms with Crippen molar-refractivity contribution in [3.63, 3.8) is 0 Å². The molecule has 0 saturated heterocycles. The first kappa shape index (κ1) is 19.0. The fourth-order valence-corrected chi connectivity index (χ4v) is 7.37. The molecule has 8 atom stereocenters. The van der Waals surface area contributed by atoms with Gasteiger partial charge in [0, 0.05) is 16.7 Å². The third kappa shape index (κ3) is 2.22. The minimum atomic E-state index is -1.60. The molecule has 4 aliphatic carbocycles. The van der Waals surface area contributed by atoms with Crippen LogP contribution in [0.25, 0.3) is 0 Å². The maximum absolute atomic E-state index is 12.6. The minimum Gasteiger partial charge on any atom is -0.393 e. The standard InChI is InChI=1S/C22H30O5/c1-12-8-16-15-5-4-13-9-14(24)6-7-20(13,2)19(15)17(25)10-21(16,3)22(12,27)18(26)11-23/h6-7,9,12,15-17,19,23,25,27H,4-5,8,10-11H2,1-3H3/t12-,15+,16+,17+,19-,20+,21+,22+/m1/s1. The topological polar surface area (TPSA) is 94.8 Å². The third-order valence-corrected chi connectivity index (χ3v) is 8.65. The van der Waals surface area contributed by atoms with E-state index in [1.807, 2.05) is 19.9 Å². The number of hydrogen-bond acceptors (Lipinski definition) is 5. The molecular formula is C22H30O5. The van der Waals surface area contributed by atoms with Crippen LogP contribution < -0.4 is 0 Å². The summed E-state index contributed by atoms with van der Waals surface area (Å²) in [5, 5.41) is 32.1. The van der Waals surface area contributed by atoms with Crippen LogP contribution in [0.2, 0.25) is 0 Å². The summed E-state index contributed by atoms with van der Waals surface area (Å²) in [7, 11) is 0. The lowest BCUT2D eigenvalue weighted by Gasteiger charge is -2.59. The van der Waals surface area contributed by atoms with E-state index in [4.69, 9.17) is 0 Å². The van der Waals surface area contributed by atoms with Gasteiger partial charge in [0.1, 0.15) is 12.2 Å². The average molecular weight is 374 g/mol. The van der Waals surface area contributed by atoms with Crippen LogP contribution in [0.15, 0.2) is 23.8 Å². The molecule has 5 nitrogen and oxygen atoms in total. The maximum atomic E-state index is 12.6. The van der Waals surface area contributed by atoms with Crippen molar-refractivity contribution in [2.45, 2.75) is 58.2 Å². The Morgan fingerprint density at radius 1 is 1.33 bits per heavy atom. The minimum absolute atomic E-state index is 0.00784. The molecule has 5 heteroatoms. The van der Waals surface area contributed by atoms with Crippen LogP contribution >= 0.6 is 0 Å². The molecule has 0 spiro atoms. The number of aliphatic hydroxyl groups excluding tert-OH is 2. The van der Waals surface area contributed by atoms with Gasteiger partial charge >= 0.3 is 0 Å². The lowest BCUT2D eigenvalue weighted by molar-refractivity contribution is -0.183. The van der Waals surface area contributed by atoms with E-state index in [0.29, 0.717) is 12.8 Å². The quantitative estimate of drug-likeness (QED) is 0.685. The highest BCUT2D eigenvalue weighted by Crippen LogP contribution is 2.68. The van der Waals surface area contributed by atoms with Crippen molar-refractivity contribution in [2.24, 2.45) is 34.5 Å².